The number of rotatable bonds is 5. The number of halogens is 4. The van der Waals surface area contributed by atoms with Gasteiger partial charge in [-0.05, 0) is 55.1 Å². The van der Waals surface area contributed by atoms with Crippen molar-refractivity contribution in [1.82, 2.24) is 0 Å². The van der Waals surface area contributed by atoms with E-state index < -0.39 is 18.2 Å². The first kappa shape index (κ1) is 16.1. The SMILES string of the molecule is O=S([O-])C(Br)(CBr)C(Br)(Br)Oc1ccccc1. The molecule has 0 heterocycles. The summed E-state index contributed by atoms with van der Waals surface area (Å²) in [5.74, 6) is 0.538. The molecule has 0 fully saturated rings. The van der Waals surface area contributed by atoms with Crippen LogP contribution in [0, 0.1) is 0 Å². The molecule has 0 radical (unpaired) electrons. The molecule has 96 valence electrons. The maximum Gasteiger partial charge on any atom is 0.244 e. The van der Waals surface area contributed by atoms with Gasteiger partial charge in [-0.2, -0.15) is 0 Å². The van der Waals surface area contributed by atoms with Crippen molar-refractivity contribution in [1.29, 1.82) is 0 Å². The summed E-state index contributed by atoms with van der Waals surface area (Å²) in [4.78, 5) is 0. The Bertz CT molecular complexity index is 400. The van der Waals surface area contributed by atoms with Gasteiger partial charge in [0.2, 0.25) is 3.42 Å². The van der Waals surface area contributed by atoms with E-state index in [1.54, 1.807) is 24.3 Å². The van der Waals surface area contributed by atoms with Gasteiger partial charge >= 0.3 is 0 Å². The van der Waals surface area contributed by atoms with Crippen LogP contribution in [-0.4, -0.2) is 21.2 Å². The molecule has 8 heteroatoms. The molecule has 17 heavy (non-hydrogen) atoms. The lowest BCUT2D eigenvalue weighted by Crippen LogP contribution is -2.49. The number of para-hydroxylation sites is 1. The van der Waals surface area contributed by atoms with Gasteiger partial charge in [-0.1, -0.05) is 50.1 Å². The zero-order valence-electron chi connectivity index (χ0n) is 8.24. The van der Waals surface area contributed by atoms with Gasteiger partial charge in [0.25, 0.3) is 0 Å². The Morgan fingerprint density at radius 3 is 2.18 bits per heavy atom. The smallest absolute Gasteiger partial charge is 0.244 e. The van der Waals surface area contributed by atoms with Crippen LogP contribution in [0.2, 0.25) is 0 Å². The number of hydrogen-bond donors (Lipinski definition) is 0. The fourth-order valence-corrected chi connectivity index (χ4v) is 4.49. The van der Waals surface area contributed by atoms with Crippen LogP contribution in [0.5, 0.6) is 5.75 Å². The fraction of sp³-hybridized carbons (Fsp3) is 0.333. The van der Waals surface area contributed by atoms with Crippen LogP contribution in [0.1, 0.15) is 0 Å². The van der Waals surface area contributed by atoms with Gasteiger partial charge in [-0.25, -0.2) is 0 Å². The number of alkyl halides is 4. The summed E-state index contributed by atoms with van der Waals surface area (Å²) in [6, 6.07) is 8.89. The minimum absolute atomic E-state index is 0.138. The molecule has 0 amide bonds. The van der Waals surface area contributed by atoms with Gasteiger partial charge in [0, 0.05) is 5.33 Å². The molecule has 0 bridgehead atoms. The van der Waals surface area contributed by atoms with Crippen molar-refractivity contribution in [2.24, 2.45) is 0 Å². The first-order chi connectivity index (χ1) is 7.83. The third-order valence-electron chi connectivity index (χ3n) is 1.86. The van der Waals surface area contributed by atoms with Gasteiger partial charge in [0.15, 0.2) is 3.66 Å². The topological polar surface area (TPSA) is 49.4 Å². The van der Waals surface area contributed by atoms with E-state index >= 15 is 0 Å². The molecule has 1 aromatic rings. The molecule has 0 saturated heterocycles. The van der Waals surface area contributed by atoms with E-state index in [0.29, 0.717) is 5.75 Å². The molecule has 0 spiro atoms. The molecule has 0 saturated carbocycles. The van der Waals surface area contributed by atoms with Gasteiger partial charge in [-0.3, -0.25) is 4.21 Å². The molecule has 3 nitrogen and oxygen atoms in total. The Hall–Kier alpha value is 1.05. The summed E-state index contributed by atoms with van der Waals surface area (Å²) in [7, 11) is 0. The fourth-order valence-electron chi connectivity index (χ4n) is 0.932. The van der Waals surface area contributed by atoms with Gasteiger partial charge in [-0.15, -0.1) is 0 Å². The zero-order valence-corrected chi connectivity index (χ0v) is 15.4. The summed E-state index contributed by atoms with van der Waals surface area (Å²) in [6.45, 7) is 0. The molecule has 0 aliphatic rings. The van der Waals surface area contributed by atoms with E-state index in [2.05, 4.69) is 63.7 Å². The Morgan fingerprint density at radius 2 is 1.76 bits per heavy atom. The average molecular weight is 515 g/mol. The summed E-state index contributed by atoms with van der Waals surface area (Å²) in [5.41, 5.74) is 0. The Kier molecular flexibility index (Phi) is 6.13. The van der Waals surface area contributed by atoms with E-state index in [-0.39, 0.29) is 5.33 Å². The predicted octanol–water partition coefficient (Wildman–Crippen LogP) is 3.87. The average Bonchev–Trinajstić information content (AvgIpc) is 2.28. The molecule has 1 aromatic carbocycles. The number of ether oxygens (including phenoxy) is 1. The maximum atomic E-state index is 11.3. The lowest BCUT2D eigenvalue weighted by atomic mass is 10.3. The zero-order chi connectivity index (χ0) is 13.1. The van der Waals surface area contributed by atoms with E-state index in [1.165, 1.54) is 0 Å². The predicted molar refractivity (Wildman–Crippen MR) is 82.0 cm³/mol. The second-order valence-corrected chi connectivity index (χ2v) is 9.93. The van der Waals surface area contributed by atoms with Crippen molar-refractivity contribution in [2.45, 2.75) is 7.08 Å². The van der Waals surface area contributed by atoms with Crippen molar-refractivity contribution >= 4 is 74.8 Å². The molecular weight excluding hydrogens is 508 g/mol. The van der Waals surface area contributed by atoms with Crippen LogP contribution >= 0.6 is 63.7 Å². The van der Waals surface area contributed by atoms with Gasteiger partial charge in [0.05, 0.1) is 0 Å². The molecule has 0 N–H and O–H groups in total. The van der Waals surface area contributed by atoms with Crippen LogP contribution in [0.25, 0.3) is 0 Å². The minimum Gasteiger partial charge on any atom is -0.771 e. The standard InChI is InChI=1S/C9H8Br4O3S/c10-6-8(11,17(14)15)9(12,13)16-7-4-2-1-3-5-7/h1-5H,6H2,(H,14,15)/p-1. The van der Waals surface area contributed by atoms with E-state index in [0.717, 1.165) is 0 Å². The minimum atomic E-state index is -2.41. The largest absolute Gasteiger partial charge is 0.771 e. The second kappa shape index (κ2) is 6.47. The molecule has 0 aliphatic carbocycles. The highest BCUT2D eigenvalue weighted by molar-refractivity contribution is 9.26. The monoisotopic (exact) mass is 511 g/mol. The summed E-state index contributed by atoms with van der Waals surface area (Å²) in [6.07, 6.45) is 0. The van der Waals surface area contributed by atoms with E-state index in [4.69, 9.17) is 4.74 Å². The first-order valence-corrected chi connectivity index (χ1v) is 8.87. The van der Waals surface area contributed by atoms with Crippen LogP contribution in [0.3, 0.4) is 0 Å². The molecular formula is C9H7Br4O3S-. The van der Waals surface area contributed by atoms with Crippen molar-refractivity contribution in [3.8, 4) is 5.75 Å². The first-order valence-electron chi connectivity index (χ1n) is 4.29. The normalized spacial score (nSPS) is 17.2. The van der Waals surface area contributed by atoms with Crippen molar-refractivity contribution in [3.63, 3.8) is 0 Å². The lowest BCUT2D eigenvalue weighted by molar-refractivity contribution is 0.259. The van der Waals surface area contributed by atoms with Crippen molar-refractivity contribution < 1.29 is 13.5 Å². The highest BCUT2D eigenvalue weighted by Crippen LogP contribution is 2.47. The van der Waals surface area contributed by atoms with E-state index in [9.17, 15) is 8.76 Å². The molecule has 2 unspecified atom stereocenters. The van der Waals surface area contributed by atoms with Crippen LogP contribution in [0.4, 0.5) is 0 Å². The van der Waals surface area contributed by atoms with E-state index in [1.807, 2.05) is 6.07 Å². The number of hydrogen-bond acceptors (Lipinski definition) is 3. The van der Waals surface area contributed by atoms with Gasteiger partial charge < -0.3 is 9.29 Å². The molecule has 1 rings (SSSR count). The Labute approximate surface area is 135 Å². The highest BCUT2D eigenvalue weighted by Gasteiger charge is 2.50. The second-order valence-electron chi connectivity index (χ2n) is 3.03. The summed E-state index contributed by atoms with van der Waals surface area (Å²) >= 11 is 10.3. The number of benzene rings is 1. The summed E-state index contributed by atoms with van der Waals surface area (Å²) < 4.78 is 25.5. The quantitative estimate of drug-likeness (QED) is 0.443. The summed E-state index contributed by atoms with van der Waals surface area (Å²) in [5, 5.41) is 0.138. The van der Waals surface area contributed by atoms with Crippen LogP contribution in [-0.2, 0) is 11.1 Å². The molecule has 2 atom stereocenters. The third-order valence-corrected chi connectivity index (χ3v) is 9.68. The third kappa shape index (κ3) is 3.76. The molecule has 0 aromatic heterocycles. The van der Waals surface area contributed by atoms with Gasteiger partial charge in [0.1, 0.15) is 5.75 Å². The Morgan fingerprint density at radius 1 is 1.24 bits per heavy atom. The highest BCUT2D eigenvalue weighted by atomic mass is 79.9. The van der Waals surface area contributed by atoms with Crippen LogP contribution < -0.4 is 4.74 Å². The Balaban J connectivity index is 2.98. The maximum absolute atomic E-state index is 11.3. The van der Waals surface area contributed by atoms with Crippen molar-refractivity contribution in [3.05, 3.63) is 30.3 Å². The molecule has 0 aliphatic heterocycles. The van der Waals surface area contributed by atoms with Crippen molar-refractivity contribution in [2.75, 3.05) is 5.33 Å². The van der Waals surface area contributed by atoms with Crippen LogP contribution in [0.15, 0.2) is 30.3 Å². The lowest BCUT2D eigenvalue weighted by Gasteiger charge is -2.39.